The summed E-state index contributed by atoms with van der Waals surface area (Å²) in [5.41, 5.74) is 1.30. The Balaban J connectivity index is 2.65. The van der Waals surface area contributed by atoms with Gasteiger partial charge in [-0.25, -0.2) is 4.98 Å². The van der Waals surface area contributed by atoms with Crippen molar-refractivity contribution in [3.8, 4) is 0 Å². The molecule has 3 N–H and O–H groups in total. The molecule has 0 fully saturated rings. The first-order valence-electron chi connectivity index (χ1n) is 3.70. The number of nitrogens with one attached hydrogen (secondary N) is 1. The van der Waals surface area contributed by atoms with Crippen LogP contribution in [0, 0.1) is 0 Å². The lowest BCUT2D eigenvalue weighted by Gasteiger charge is -1.99. The summed E-state index contributed by atoms with van der Waals surface area (Å²) in [4.78, 5) is 6.73. The van der Waals surface area contributed by atoms with Crippen LogP contribution in [0.15, 0.2) is 29.4 Å². The lowest BCUT2D eigenvalue weighted by molar-refractivity contribution is 0.333. The van der Waals surface area contributed by atoms with Crippen molar-refractivity contribution in [1.29, 1.82) is 0 Å². The molecule has 1 aromatic heterocycles. The van der Waals surface area contributed by atoms with Gasteiger partial charge in [0.25, 0.3) is 0 Å². The van der Waals surface area contributed by atoms with E-state index < -0.39 is 10.1 Å². The van der Waals surface area contributed by atoms with E-state index in [4.69, 9.17) is 0 Å². The van der Waals surface area contributed by atoms with Crippen LogP contribution in [0.4, 0.5) is 0 Å². The maximum Gasteiger partial charge on any atom is 0.312 e. The zero-order valence-electron chi connectivity index (χ0n) is 6.97. The topological polar surface area (TPSA) is 98.1 Å². The van der Waals surface area contributed by atoms with Gasteiger partial charge in [-0.2, -0.15) is 18.6 Å². The van der Waals surface area contributed by atoms with Gasteiger partial charge < -0.3 is 4.98 Å². The highest BCUT2D eigenvalue weighted by molar-refractivity contribution is 7.86. The summed E-state index contributed by atoms with van der Waals surface area (Å²) < 4.78 is 26.3. The number of hydrogen-bond donors (Lipinski definition) is 2. The van der Waals surface area contributed by atoms with Gasteiger partial charge in [-0.1, -0.05) is 0 Å². The Kier molecular flexibility index (Phi) is 1.99. The number of benzene rings is 1. The Morgan fingerprint density at radius 3 is 2.93 bits per heavy atom. The standard InChI is InChI=1S/C7H7N3O3S/c8-13-14(11,12)5-1-2-6-7(3-5)10-4-9-6/h1-4H,8H2,(H,9,10). The van der Waals surface area contributed by atoms with Crippen LogP contribution in [0.25, 0.3) is 11.0 Å². The second kappa shape index (κ2) is 3.05. The van der Waals surface area contributed by atoms with E-state index in [0.717, 1.165) is 0 Å². The van der Waals surface area contributed by atoms with Crippen LogP contribution >= 0.6 is 0 Å². The van der Waals surface area contributed by atoms with Crippen molar-refractivity contribution in [2.45, 2.75) is 4.90 Å². The zero-order valence-corrected chi connectivity index (χ0v) is 7.78. The van der Waals surface area contributed by atoms with E-state index in [-0.39, 0.29) is 4.90 Å². The fourth-order valence-corrected chi connectivity index (χ4v) is 1.73. The first-order chi connectivity index (χ1) is 6.63. The van der Waals surface area contributed by atoms with Crippen molar-refractivity contribution in [3.05, 3.63) is 24.5 Å². The largest absolute Gasteiger partial charge is 0.345 e. The highest BCUT2D eigenvalue weighted by Crippen LogP contribution is 2.16. The van der Waals surface area contributed by atoms with Crippen LogP contribution in [0.3, 0.4) is 0 Å². The van der Waals surface area contributed by atoms with Gasteiger partial charge in [-0.15, -0.1) is 0 Å². The van der Waals surface area contributed by atoms with E-state index >= 15 is 0 Å². The van der Waals surface area contributed by atoms with Gasteiger partial charge in [0.1, 0.15) is 0 Å². The molecule has 0 spiro atoms. The van der Waals surface area contributed by atoms with E-state index in [9.17, 15) is 8.42 Å². The molecular weight excluding hydrogens is 206 g/mol. The minimum Gasteiger partial charge on any atom is -0.345 e. The second-order valence-corrected chi connectivity index (χ2v) is 4.20. The third-order valence-electron chi connectivity index (χ3n) is 1.81. The van der Waals surface area contributed by atoms with Gasteiger partial charge in [0.05, 0.1) is 22.3 Å². The molecule has 1 heterocycles. The molecule has 0 saturated carbocycles. The number of nitrogens with zero attached hydrogens (tertiary/aromatic N) is 1. The molecule has 6 nitrogen and oxygen atoms in total. The molecule has 0 atom stereocenters. The quantitative estimate of drug-likeness (QED) is 0.691. The SMILES string of the molecule is NOS(=O)(=O)c1ccc2nc[nH]c2c1. The number of aromatic amines is 1. The highest BCUT2D eigenvalue weighted by atomic mass is 32.2. The number of fused-ring (bicyclic) bond motifs is 1. The lowest BCUT2D eigenvalue weighted by Crippen LogP contribution is -2.10. The molecule has 14 heavy (non-hydrogen) atoms. The van der Waals surface area contributed by atoms with Gasteiger partial charge >= 0.3 is 10.1 Å². The summed E-state index contributed by atoms with van der Waals surface area (Å²) in [5.74, 6) is 4.64. The summed E-state index contributed by atoms with van der Waals surface area (Å²) in [5, 5.41) is 0. The van der Waals surface area contributed by atoms with Crippen molar-refractivity contribution in [2.75, 3.05) is 0 Å². The average Bonchev–Trinajstić information content (AvgIpc) is 2.64. The maximum absolute atomic E-state index is 11.2. The van der Waals surface area contributed by atoms with Crippen LogP contribution in [-0.4, -0.2) is 18.4 Å². The van der Waals surface area contributed by atoms with Crippen LogP contribution in [0.5, 0.6) is 0 Å². The molecule has 0 unspecified atom stereocenters. The number of nitrogens with two attached hydrogens (primary N) is 1. The molecule has 0 aliphatic carbocycles. The van der Waals surface area contributed by atoms with Gasteiger partial charge in [0, 0.05) is 0 Å². The summed E-state index contributed by atoms with van der Waals surface area (Å²) in [7, 11) is -3.84. The van der Waals surface area contributed by atoms with Crippen LogP contribution in [0.2, 0.25) is 0 Å². The number of imidazole rings is 1. The third kappa shape index (κ3) is 1.37. The Bertz CT molecular complexity index is 560. The molecule has 0 radical (unpaired) electrons. The lowest BCUT2D eigenvalue weighted by atomic mass is 10.3. The van der Waals surface area contributed by atoms with E-state index in [2.05, 4.69) is 20.1 Å². The Labute approximate surface area is 79.8 Å². The first kappa shape index (κ1) is 9.13. The number of H-pyrrole nitrogens is 1. The van der Waals surface area contributed by atoms with E-state index in [1.807, 2.05) is 0 Å². The number of aromatic nitrogens is 2. The summed E-state index contributed by atoms with van der Waals surface area (Å²) in [6.45, 7) is 0. The molecule has 7 heteroatoms. The van der Waals surface area contributed by atoms with Crippen LogP contribution in [-0.2, 0) is 14.4 Å². The number of rotatable bonds is 2. The minimum absolute atomic E-state index is 0.00301. The van der Waals surface area contributed by atoms with E-state index in [0.29, 0.717) is 11.0 Å². The average molecular weight is 213 g/mol. The molecule has 2 rings (SSSR count). The fraction of sp³-hybridized carbons (Fsp3) is 0. The van der Waals surface area contributed by atoms with Crippen molar-refractivity contribution < 1.29 is 12.7 Å². The van der Waals surface area contributed by atoms with Crippen molar-refractivity contribution in [2.24, 2.45) is 5.90 Å². The van der Waals surface area contributed by atoms with Gasteiger partial charge in [0.2, 0.25) is 0 Å². The van der Waals surface area contributed by atoms with E-state index in [1.54, 1.807) is 6.07 Å². The Morgan fingerprint density at radius 1 is 1.43 bits per heavy atom. The zero-order chi connectivity index (χ0) is 10.2. The minimum atomic E-state index is -3.84. The van der Waals surface area contributed by atoms with Gasteiger partial charge in [-0.05, 0) is 18.2 Å². The molecule has 0 aliphatic heterocycles. The van der Waals surface area contributed by atoms with Crippen LogP contribution < -0.4 is 5.90 Å². The van der Waals surface area contributed by atoms with Crippen molar-refractivity contribution in [1.82, 2.24) is 9.97 Å². The van der Waals surface area contributed by atoms with E-state index in [1.165, 1.54) is 18.5 Å². The van der Waals surface area contributed by atoms with Crippen molar-refractivity contribution in [3.63, 3.8) is 0 Å². The summed E-state index contributed by atoms with van der Waals surface area (Å²) in [6.07, 6.45) is 1.48. The second-order valence-electron chi connectivity index (χ2n) is 2.63. The highest BCUT2D eigenvalue weighted by Gasteiger charge is 2.14. The first-order valence-corrected chi connectivity index (χ1v) is 5.11. The molecule has 0 aliphatic rings. The smallest absolute Gasteiger partial charge is 0.312 e. The molecule has 2 aromatic rings. The van der Waals surface area contributed by atoms with Crippen LogP contribution in [0.1, 0.15) is 0 Å². The maximum atomic E-state index is 11.2. The fourth-order valence-electron chi connectivity index (χ4n) is 1.13. The molecular formula is C7H7N3O3S. The van der Waals surface area contributed by atoms with Gasteiger partial charge in [-0.3, -0.25) is 0 Å². The molecule has 1 aromatic carbocycles. The summed E-state index contributed by atoms with van der Waals surface area (Å²) >= 11 is 0. The predicted molar refractivity (Wildman–Crippen MR) is 48.6 cm³/mol. The molecule has 0 bridgehead atoms. The van der Waals surface area contributed by atoms with Gasteiger partial charge in [0.15, 0.2) is 0 Å². The molecule has 0 saturated heterocycles. The summed E-state index contributed by atoms with van der Waals surface area (Å²) in [6, 6.07) is 4.35. The molecule has 0 amide bonds. The monoisotopic (exact) mass is 213 g/mol. The number of hydrogen-bond acceptors (Lipinski definition) is 5. The predicted octanol–water partition coefficient (Wildman–Crippen LogP) is 0.142. The Hall–Kier alpha value is -1.44. The molecule has 74 valence electrons. The van der Waals surface area contributed by atoms with Crippen molar-refractivity contribution >= 4 is 21.2 Å². The Morgan fingerprint density at radius 2 is 2.21 bits per heavy atom. The third-order valence-corrected chi connectivity index (χ3v) is 2.89. The normalized spacial score (nSPS) is 12.1.